The summed E-state index contributed by atoms with van der Waals surface area (Å²) in [5, 5.41) is 17.8. The Morgan fingerprint density at radius 1 is 1.60 bits per heavy atom. The number of nitriles is 1. The molecule has 0 saturated carbocycles. The van der Waals surface area contributed by atoms with E-state index in [4.69, 9.17) is 5.26 Å². The molecule has 0 saturated heterocycles. The molecule has 3 heteroatoms. The van der Waals surface area contributed by atoms with Gasteiger partial charge in [-0.05, 0) is 20.5 Å². The number of nitrogens with zero attached hydrogens (tertiary/aromatic N) is 2. The third-order valence-corrected chi connectivity index (χ3v) is 1.49. The summed E-state index contributed by atoms with van der Waals surface area (Å²) in [6, 6.07) is 2.04. The van der Waals surface area contributed by atoms with E-state index in [1.807, 2.05) is 13.0 Å². The van der Waals surface area contributed by atoms with Crippen molar-refractivity contribution < 1.29 is 5.11 Å². The molecule has 10 heavy (non-hydrogen) atoms. The average molecular weight is 142 g/mol. The van der Waals surface area contributed by atoms with E-state index < -0.39 is 6.23 Å². The van der Waals surface area contributed by atoms with Crippen LogP contribution < -0.4 is 0 Å². The standard InChI is InChI=1S/C7H14N2O/c1-4-6(5-8)7(10)9(2)3/h6-7,10H,4H2,1-3H3/t6-,7+/m0/s1. The highest BCUT2D eigenvalue weighted by molar-refractivity contribution is 4.85. The SMILES string of the molecule is CC[C@@H](C#N)[C@@H](O)N(C)C. The number of rotatable bonds is 3. The van der Waals surface area contributed by atoms with E-state index in [-0.39, 0.29) is 5.92 Å². The highest BCUT2D eigenvalue weighted by Crippen LogP contribution is 2.08. The van der Waals surface area contributed by atoms with Crippen LogP contribution in [0.15, 0.2) is 0 Å². The third-order valence-electron chi connectivity index (χ3n) is 1.49. The quantitative estimate of drug-likeness (QED) is 0.581. The van der Waals surface area contributed by atoms with Crippen molar-refractivity contribution in [2.75, 3.05) is 14.1 Å². The predicted molar refractivity (Wildman–Crippen MR) is 39.1 cm³/mol. The Labute approximate surface area is 61.9 Å². The first-order chi connectivity index (χ1) is 4.63. The van der Waals surface area contributed by atoms with Gasteiger partial charge in [0.25, 0.3) is 0 Å². The summed E-state index contributed by atoms with van der Waals surface area (Å²) in [5.74, 6) is -0.269. The highest BCUT2D eigenvalue weighted by atomic mass is 16.3. The Bertz CT molecular complexity index is 128. The lowest BCUT2D eigenvalue weighted by Crippen LogP contribution is -2.33. The lowest BCUT2D eigenvalue weighted by molar-refractivity contribution is 0.00735. The van der Waals surface area contributed by atoms with E-state index in [2.05, 4.69) is 0 Å². The molecule has 3 nitrogen and oxygen atoms in total. The smallest absolute Gasteiger partial charge is 0.122 e. The average Bonchev–Trinajstić information content (AvgIpc) is 1.90. The van der Waals surface area contributed by atoms with Gasteiger partial charge in [0, 0.05) is 0 Å². The molecule has 0 spiro atoms. The Morgan fingerprint density at radius 2 is 2.10 bits per heavy atom. The molecule has 0 aromatic carbocycles. The molecule has 0 aliphatic heterocycles. The van der Waals surface area contributed by atoms with E-state index in [1.54, 1.807) is 19.0 Å². The predicted octanol–water partition coefficient (Wildman–Crippen LogP) is 0.416. The van der Waals surface area contributed by atoms with Crippen molar-refractivity contribution in [2.45, 2.75) is 19.6 Å². The Morgan fingerprint density at radius 3 is 2.20 bits per heavy atom. The molecule has 0 unspecified atom stereocenters. The molecule has 0 rings (SSSR count). The number of aliphatic hydroxyl groups excluding tert-OH is 1. The molecule has 0 aromatic heterocycles. The van der Waals surface area contributed by atoms with E-state index in [0.717, 1.165) is 0 Å². The first-order valence-electron chi connectivity index (χ1n) is 3.37. The van der Waals surface area contributed by atoms with Gasteiger partial charge >= 0.3 is 0 Å². The zero-order chi connectivity index (χ0) is 8.15. The minimum Gasteiger partial charge on any atom is -0.377 e. The highest BCUT2D eigenvalue weighted by Gasteiger charge is 2.17. The molecule has 0 amide bonds. The van der Waals surface area contributed by atoms with Crippen molar-refractivity contribution in [3.05, 3.63) is 0 Å². The monoisotopic (exact) mass is 142 g/mol. The molecule has 0 bridgehead atoms. The molecular weight excluding hydrogens is 128 g/mol. The fourth-order valence-electron chi connectivity index (χ4n) is 0.729. The van der Waals surface area contributed by atoms with Crippen LogP contribution in [-0.4, -0.2) is 30.3 Å². The normalized spacial score (nSPS) is 16.4. The van der Waals surface area contributed by atoms with Crippen LogP contribution in [-0.2, 0) is 0 Å². The second kappa shape index (κ2) is 4.26. The zero-order valence-corrected chi connectivity index (χ0v) is 6.70. The minimum absolute atomic E-state index is 0.269. The first kappa shape index (κ1) is 9.41. The number of hydrogen-bond acceptors (Lipinski definition) is 3. The van der Waals surface area contributed by atoms with Crippen LogP contribution in [0.4, 0.5) is 0 Å². The molecule has 0 aliphatic carbocycles. The lowest BCUT2D eigenvalue weighted by Gasteiger charge is -2.21. The van der Waals surface area contributed by atoms with Crippen LogP contribution in [0.5, 0.6) is 0 Å². The molecule has 0 heterocycles. The van der Waals surface area contributed by atoms with E-state index in [9.17, 15) is 5.11 Å². The van der Waals surface area contributed by atoms with Crippen LogP contribution in [0.3, 0.4) is 0 Å². The second-order valence-corrected chi connectivity index (χ2v) is 2.52. The van der Waals surface area contributed by atoms with E-state index >= 15 is 0 Å². The topological polar surface area (TPSA) is 47.3 Å². The molecule has 0 aromatic rings. The molecule has 0 radical (unpaired) electrons. The molecule has 0 aliphatic rings. The summed E-state index contributed by atoms with van der Waals surface area (Å²) >= 11 is 0. The van der Waals surface area contributed by atoms with Gasteiger partial charge in [-0.1, -0.05) is 6.92 Å². The fraction of sp³-hybridized carbons (Fsp3) is 0.857. The molecular formula is C7H14N2O. The number of aliphatic hydroxyl groups is 1. The van der Waals surface area contributed by atoms with Gasteiger partial charge in [0.05, 0.1) is 12.0 Å². The molecule has 0 fully saturated rings. The Balaban J connectivity index is 3.92. The van der Waals surface area contributed by atoms with Crippen molar-refractivity contribution in [1.29, 1.82) is 5.26 Å². The van der Waals surface area contributed by atoms with Gasteiger partial charge in [0.1, 0.15) is 6.23 Å². The van der Waals surface area contributed by atoms with Gasteiger partial charge in [-0.25, -0.2) is 0 Å². The van der Waals surface area contributed by atoms with Gasteiger partial charge in [-0.15, -0.1) is 0 Å². The zero-order valence-electron chi connectivity index (χ0n) is 6.70. The van der Waals surface area contributed by atoms with Gasteiger partial charge in [0.2, 0.25) is 0 Å². The Hall–Kier alpha value is -0.590. The van der Waals surface area contributed by atoms with E-state index in [0.29, 0.717) is 6.42 Å². The first-order valence-corrected chi connectivity index (χ1v) is 3.37. The largest absolute Gasteiger partial charge is 0.377 e. The summed E-state index contributed by atoms with van der Waals surface area (Å²) in [5.41, 5.74) is 0. The summed E-state index contributed by atoms with van der Waals surface area (Å²) in [6.45, 7) is 1.89. The molecule has 58 valence electrons. The molecule has 2 atom stereocenters. The van der Waals surface area contributed by atoms with Crippen LogP contribution in [0.1, 0.15) is 13.3 Å². The maximum Gasteiger partial charge on any atom is 0.122 e. The summed E-state index contributed by atoms with van der Waals surface area (Å²) in [6.07, 6.45) is 0.0607. The van der Waals surface area contributed by atoms with Crippen molar-refractivity contribution in [3.63, 3.8) is 0 Å². The second-order valence-electron chi connectivity index (χ2n) is 2.52. The van der Waals surface area contributed by atoms with Crippen LogP contribution in [0.25, 0.3) is 0 Å². The number of hydrogen-bond donors (Lipinski definition) is 1. The lowest BCUT2D eigenvalue weighted by atomic mass is 10.1. The molecule has 1 N–H and O–H groups in total. The summed E-state index contributed by atoms with van der Waals surface area (Å²) in [4.78, 5) is 1.64. The van der Waals surface area contributed by atoms with Crippen molar-refractivity contribution in [2.24, 2.45) is 5.92 Å². The summed E-state index contributed by atoms with van der Waals surface area (Å²) in [7, 11) is 3.51. The van der Waals surface area contributed by atoms with Gasteiger partial charge in [-0.3, -0.25) is 4.90 Å². The maximum absolute atomic E-state index is 9.29. The van der Waals surface area contributed by atoms with Crippen LogP contribution in [0, 0.1) is 17.2 Å². The van der Waals surface area contributed by atoms with Gasteiger partial charge < -0.3 is 5.11 Å². The van der Waals surface area contributed by atoms with Crippen LogP contribution >= 0.6 is 0 Å². The summed E-state index contributed by atoms with van der Waals surface area (Å²) < 4.78 is 0. The van der Waals surface area contributed by atoms with Gasteiger partial charge in [-0.2, -0.15) is 5.26 Å². The van der Waals surface area contributed by atoms with Crippen molar-refractivity contribution in [3.8, 4) is 6.07 Å². The fourth-order valence-corrected chi connectivity index (χ4v) is 0.729. The Kier molecular flexibility index (Phi) is 4.01. The maximum atomic E-state index is 9.29. The van der Waals surface area contributed by atoms with Gasteiger partial charge in [0.15, 0.2) is 0 Å². The minimum atomic E-state index is -0.630. The van der Waals surface area contributed by atoms with Crippen molar-refractivity contribution >= 4 is 0 Å². The third kappa shape index (κ3) is 2.34. The van der Waals surface area contributed by atoms with Crippen LogP contribution in [0.2, 0.25) is 0 Å². The van der Waals surface area contributed by atoms with Crippen molar-refractivity contribution in [1.82, 2.24) is 4.90 Å². The van der Waals surface area contributed by atoms with E-state index in [1.165, 1.54) is 0 Å².